The maximum atomic E-state index is 13.5. The normalized spacial score (nSPS) is 18.1. The number of likely N-dealkylation sites (tertiary alicyclic amines) is 1. The number of nitrogens with zero attached hydrogens (tertiary/aromatic N) is 3. The third-order valence-electron chi connectivity index (χ3n) is 7.03. The molecule has 2 amide bonds. The first-order chi connectivity index (χ1) is 17.0. The molecule has 7 nitrogen and oxygen atoms in total. The van der Waals surface area contributed by atoms with Crippen LogP contribution in [0.1, 0.15) is 53.0 Å². The van der Waals surface area contributed by atoms with E-state index in [0.717, 1.165) is 73.3 Å². The molecule has 3 N–H and O–H groups in total. The van der Waals surface area contributed by atoms with Gasteiger partial charge in [-0.2, -0.15) is 5.10 Å². The highest BCUT2D eigenvalue weighted by Crippen LogP contribution is 2.28. The fourth-order valence-electron chi connectivity index (χ4n) is 5.21. The van der Waals surface area contributed by atoms with Crippen LogP contribution in [0.2, 0.25) is 0 Å². The Balaban J connectivity index is 1.39. The van der Waals surface area contributed by atoms with Crippen LogP contribution >= 0.6 is 0 Å². The molecule has 1 fully saturated rings. The summed E-state index contributed by atoms with van der Waals surface area (Å²) in [4.78, 5) is 27.3. The second-order valence-corrected chi connectivity index (χ2v) is 9.46. The molecule has 3 aromatic rings. The predicted octanol–water partition coefficient (Wildman–Crippen LogP) is 3.84. The number of nitrogens with two attached hydrogens (primary N) is 1. The van der Waals surface area contributed by atoms with E-state index in [9.17, 15) is 14.0 Å². The maximum absolute atomic E-state index is 13.5. The molecule has 0 saturated carbocycles. The SMILES string of the molecule is NC(=O)C1CCCN(Cc2ccccc2NC(=O)c2nn(-c3ccc(F)cc3)c3c2CCCC3)C1. The molecular weight excluding hydrogens is 445 g/mol. The lowest BCUT2D eigenvalue weighted by Crippen LogP contribution is -2.40. The lowest BCUT2D eigenvalue weighted by atomic mass is 9.95. The molecule has 1 unspecified atom stereocenters. The minimum Gasteiger partial charge on any atom is -0.369 e. The zero-order valence-corrected chi connectivity index (χ0v) is 19.7. The Morgan fingerprint density at radius 3 is 2.63 bits per heavy atom. The van der Waals surface area contributed by atoms with E-state index in [-0.39, 0.29) is 23.5 Å². The molecule has 2 aromatic carbocycles. The van der Waals surface area contributed by atoms with Gasteiger partial charge in [-0.05, 0) is 81.0 Å². The Labute approximate surface area is 204 Å². The number of hydrogen-bond acceptors (Lipinski definition) is 4. The second kappa shape index (κ2) is 10.00. The van der Waals surface area contributed by atoms with E-state index in [1.165, 1.54) is 12.1 Å². The fourth-order valence-corrected chi connectivity index (χ4v) is 5.21. The quantitative estimate of drug-likeness (QED) is 0.567. The van der Waals surface area contributed by atoms with Crippen LogP contribution in [0.3, 0.4) is 0 Å². The summed E-state index contributed by atoms with van der Waals surface area (Å²) in [5.41, 5.74) is 10.4. The molecule has 2 aliphatic rings. The molecule has 0 bridgehead atoms. The van der Waals surface area contributed by atoms with E-state index in [1.54, 1.807) is 16.8 Å². The summed E-state index contributed by atoms with van der Waals surface area (Å²) in [5, 5.41) is 7.76. The molecule has 8 heteroatoms. The number of amides is 2. The number of rotatable bonds is 6. The van der Waals surface area contributed by atoms with Gasteiger partial charge >= 0.3 is 0 Å². The largest absolute Gasteiger partial charge is 0.369 e. The minimum atomic E-state index is -0.305. The third kappa shape index (κ3) is 4.98. The number of primary amides is 1. The number of benzene rings is 2. The molecule has 0 radical (unpaired) electrons. The summed E-state index contributed by atoms with van der Waals surface area (Å²) in [6.45, 7) is 2.15. The third-order valence-corrected chi connectivity index (χ3v) is 7.03. The molecule has 2 heterocycles. The van der Waals surface area contributed by atoms with Crippen molar-refractivity contribution >= 4 is 17.5 Å². The number of anilines is 1. The van der Waals surface area contributed by atoms with Gasteiger partial charge < -0.3 is 11.1 Å². The lowest BCUT2D eigenvalue weighted by molar-refractivity contribution is -0.123. The van der Waals surface area contributed by atoms with E-state index >= 15 is 0 Å². The Kier molecular flexibility index (Phi) is 6.63. The van der Waals surface area contributed by atoms with Crippen molar-refractivity contribution in [2.75, 3.05) is 18.4 Å². The fraction of sp³-hybridized carbons (Fsp3) is 0.370. The monoisotopic (exact) mass is 475 g/mol. The minimum absolute atomic E-state index is 0.132. The number of piperidine rings is 1. The topological polar surface area (TPSA) is 93.2 Å². The van der Waals surface area contributed by atoms with Gasteiger partial charge in [0.2, 0.25) is 5.91 Å². The van der Waals surface area contributed by atoms with Gasteiger partial charge in [-0.3, -0.25) is 14.5 Å². The Hall–Kier alpha value is -3.52. The Morgan fingerprint density at radius 1 is 1.06 bits per heavy atom. The van der Waals surface area contributed by atoms with Crippen molar-refractivity contribution in [3.05, 3.63) is 76.9 Å². The van der Waals surface area contributed by atoms with Gasteiger partial charge in [0.15, 0.2) is 5.69 Å². The van der Waals surface area contributed by atoms with E-state index in [2.05, 4.69) is 15.3 Å². The molecule has 1 aliphatic carbocycles. The van der Waals surface area contributed by atoms with Crippen molar-refractivity contribution in [2.24, 2.45) is 11.7 Å². The molecule has 5 rings (SSSR count). The molecule has 1 atom stereocenters. The molecule has 182 valence electrons. The summed E-state index contributed by atoms with van der Waals surface area (Å²) in [6, 6.07) is 13.9. The summed E-state index contributed by atoms with van der Waals surface area (Å²) in [6.07, 6.45) is 5.42. The van der Waals surface area contributed by atoms with Gasteiger partial charge in [0, 0.05) is 30.0 Å². The van der Waals surface area contributed by atoms with Gasteiger partial charge in [-0.1, -0.05) is 18.2 Å². The number of aromatic nitrogens is 2. The van der Waals surface area contributed by atoms with Crippen LogP contribution in [0.5, 0.6) is 0 Å². The smallest absolute Gasteiger partial charge is 0.276 e. The molecular formula is C27H30FN5O2. The Bertz CT molecular complexity index is 1240. The van der Waals surface area contributed by atoms with E-state index in [4.69, 9.17) is 5.73 Å². The van der Waals surface area contributed by atoms with Crippen LogP contribution in [0.15, 0.2) is 48.5 Å². The molecule has 1 aromatic heterocycles. The molecule has 35 heavy (non-hydrogen) atoms. The average molecular weight is 476 g/mol. The van der Waals surface area contributed by atoms with Gasteiger partial charge in [0.25, 0.3) is 5.91 Å². The van der Waals surface area contributed by atoms with Crippen molar-refractivity contribution in [3.8, 4) is 5.69 Å². The molecule has 0 spiro atoms. The highest BCUT2D eigenvalue weighted by molar-refractivity contribution is 6.04. The van der Waals surface area contributed by atoms with E-state index in [1.807, 2.05) is 24.3 Å². The number of nitrogens with one attached hydrogen (secondary N) is 1. The Morgan fingerprint density at radius 2 is 1.83 bits per heavy atom. The number of hydrogen-bond donors (Lipinski definition) is 2. The number of fused-ring (bicyclic) bond motifs is 1. The zero-order chi connectivity index (χ0) is 24.4. The van der Waals surface area contributed by atoms with Crippen LogP contribution in [-0.4, -0.2) is 39.6 Å². The van der Waals surface area contributed by atoms with Crippen molar-refractivity contribution in [2.45, 2.75) is 45.1 Å². The summed E-state index contributed by atoms with van der Waals surface area (Å²) >= 11 is 0. The average Bonchev–Trinajstić information content (AvgIpc) is 3.26. The van der Waals surface area contributed by atoms with E-state index in [0.29, 0.717) is 18.8 Å². The zero-order valence-electron chi connectivity index (χ0n) is 19.7. The number of halogens is 1. The van der Waals surface area contributed by atoms with E-state index < -0.39 is 0 Å². The standard InChI is InChI=1S/C27H30FN5O2/c28-20-11-13-21(14-12-20)33-24-10-4-2-8-22(24)25(31-33)27(35)30-23-9-3-1-6-18(23)16-32-15-5-7-19(17-32)26(29)34/h1,3,6,9,11-14,19H,2,4-5,7-8,10,15-17H2,(H2,29,34)(H,30,35). The lowest BCUT2D eigenvalue weighted by Gasteiger charge is -2.31. The van der Waals surface area contributed by atoms with Crippen molar-refractivity contribution in [3.63, 3.8) is 0 Å². The summed E-state index contributed by atoms with van der Waals surface area (Å²) < 4.78 is 15.2. The van der Waals surface area contributed by atoms with Crippen LogP contribution in [0, 0.1) is 11.7 Å². The van der Waals surface area contributed by atoms with Gasteiger partial charge in [0.1, 0.15) is 5.82 Å². The van der Waals surface area contributed by atoms with Crippen molar-refractivity contribution < 1.29 is 14.0 Å². The van der Waals surface area contributed by atoms with Gasteiger partial charge in [-0.15, -0.1) is 0 Å². The first-order valence-electron chi connectivity index (χ1n) is 12.3. The number of carbonyl (C=O) groups excluding carboxylic acids is 2. The predicted molar refractivity (Wildman–Crippen MR) is 132 cm³/mol. The van der Waals surface area contributed by atoms with Crippen LogP contribution < -0.4 is 11.1 Å². The van der Waals surface area contributed by atoms with Crippen LogP contribution in [0.4, 0.5) is 10.1 Å². The first-order valence-corrected chi connectivity index (χ1v) is 12.3. The first kappa shape index (κ1) is 23.2. The van der Waals surface area contributed by atoms with Crippen molar-refractivity contribution in [1.82, 2.24) is 14.7 Å². The summed E-state index contributed by atoms with van der Waals surface area (Å²) in [5.74, 6) is -0.935. The van der Waals surface area contributed by atoms with Crippen molar-refractivity contribution in [1.29, 1.82) is 0 Å². The maximum Gasteiger partial charge on any atom is 0.276 e. The molecule has 1 aliphatic heterocycles. The van der Waals surface area contributed by atoms with Crippen LogP contribution in [0.25, 0.3) is 5.69 Å². The van der Waals surface area contributed by atoms with Gasteiger partial charge in [-0.25, -0.2) is 9.07 Å². The number of carbonyl (C=O) groups is 2. The highest BCUT2D eigenvalue weighted by atomic mass is 19.1. The molecule has 1 saturated heterocycles. The second-order valence-electron chi connectivity index (χ2n) is 9.46. The summed E-state index contributed by atoms with van der Waals surface area (Å²) in [7, 11) is 0. The highest BCUT2D eigenvalue weighted by Gasteiger charge is 2.27. The van der Waals surface area contributed by atoms with Crippen LogP contribution in [-0.2, 0) is 24.2 Å². The van der Waals surface area contributed by atoms with Gasteiger partial charge in [0.05, 0.1) is 11.6 Å². The number of para-hydroxylation sites is 1.